The van der Waals surface area contributed by atoms with Crippen molar-refractivity contribution in [3.8, 4) is 5.75 Å². The molecule has 4 nitrogen and oxygen atoms in total. The summed E-state index contributed by atoms with van der Waals surface area (Å²) in [4.78, 5) is 8.89. The lowest BCUT2D eigenvalue weighted by Gasteiger charge is -2.22. The number of hydrogen-bond acceptors (Lipinski definition) is 3. The van der Waals surface area contributed by atoms with Crippen LogP contribution in [0.2, 0.25) is 0 Å². The number of pyridine rings is 1. The van der Waals surface area contributed by atoms with Crippen LogP contribution in [0.15, 0.2) is 65.4 Å². The summed E-state index contributed by atoms with van der Waals surface area (Å²) in [6, 6.07) is 15.7. The number of fused-ring (bicyclic) bond motifs is 5. The van der Waals surface area contributed by atoms with Gasteiger partial charge in [-0.2, -0.15) is 0 Å². The zero-order chi connectivity index (χ0) is 20.4. The summed E-state index contributed by atoms with van der Waals surface area (Å²) in [5.74, 6) is 3.13. The van der Waals surface area contributed by atoms with Crippen molar-refractivity contribution in [2.75, 3.05) is 0 Å². The average Bonchev–Trinajstić information content (AvgIpc) is 3.11. The Labute approximate surface area is 181 Å². The van der Waals surface area contributed by atoms with Crippen molar-refractivity contribution in [1.29, 1.82) is 0 Å². The first-order chi connectivity index (χ1) is 14.6. The molecule has 6 heteroatoms. The van der Waals surface area contributed by atoms with Crippen LogP contribution in [0, 0.1) is 17.7 Å². The molecule has 0 N–H and O–H groups in total. The molecule has 0 spiro atoms. The molecule has 0 radical (unpaired) electrons. The van der Waals surface area contributed by atoms with Gasteiger partial charge < -0.3 is 9.30 Å². The zero-order valence-corrected chi connectivity index (χ0v) is 17.9. The van der Waals surface area contributed by atoms with Crippen molar-refractivity contribution in [2.45, 2.75) is 25.5 Å². The van der Waals surface area contributed by atoms with E-state index in [-0.39, 0.29) is 11.9 Å². The monoisotopic (exact) mass is 463 g/mol. The van der Waals surface area contributed by atoms with Crippen LogP contribution in [0.4, 0.5) is 4.39 Å². The molecular formula is C24H19BrFN3O. The van der Waals surface area contributed by atoms with E-state index in [2.05, 4.69) is 44.5 Å². The number of hydrogen-bond donors (Lipinski definition) is 0. The van der Waals surface area contributed by atoms with Crippen LogP contribution in [0.1, 0.15) is 35.8 Å². The quantitative estimate of drug-likeness (QED) is 0.380. The van der Waals surface area contributed by atoms with Crippen LogP contribution < -0.4 is 4.74 Å². The number of benzene rings is 2. The van der Waals surface area contributed by atoms with E-state index in [1.54, 1.807) is 12.4 Å². The van der Waals surface area contributed by atoms with E-state index in [4.69, 9.17) is 9.72 Å². The molecule has 4 unspecified atom stereocenters. The van der Waals surface area contributed by atoms with Crippen LogP contribution in [-0.2, 0) is 6.61 Å². The lowest BCUT2D eigenvalue weighted by Crippen LogP contribution is -2.14. The minimum atomic E-state index is -0.280. The number of aromatic nitrogens is 3. The highest BCUT2D eigenvalue weighted by molar-refractivity contribution is 9.10. The average molecular weight is 464 g/mol. The van der Waals surface area contributed by atoms with Crippen molar-refractivity contribution in [3.05, 3.63) is 88.2 Å². The lowest BCUT2D eigenvalue weighted by molar-refractivity contribution is 0.298. The Morgan fingerprint density at radius 3 is 2.77 bits per heavy atom. The molecule has 150 valence electrons. The predicted molar refractivity (Wildman–Crippen MR) is 116 cm³/mol. The highest BCUT2D eigenvalue weighted by atomic mass is 79.9. The van der Waals surface area contributed by atoms with Gasteiger partial charge in [0.05, 0.1) is 21.5 Å². The van der Waals surface area contributed by atoms with Gasteiger partial charge in [-0.3, -0.25) is 4.98 Å². The zero-order valence-electron chi connectivity index (χ0n) is 16.3. The predicted octanol–water partition coefficient (Wildman–Crippen LogP) is 5.86. The van der Waals surface area contributed by atoms with Crippen LogP contribution in [0.3, 0.4) is 0 Å². The minimum absolute atomic E-state index is 0.135. The molecule has 1 aliphatic heterocycles. The summed E-state index contributed by atoms with van der Waals surface area (Å²) >= 11 is 3.34. The third-order valence-electron chi connectivity index (χ3n) is 6.53. The summed E-state index contributed by atoms with van der Waals surface area (Å²) in [6.45, 7) is 2.77. The number of nitrogens with zero attached hydrogens (tertiary/aromatic N) is 3. The van der Waals surface area contributed by atoms with E-state index in [9.17, 15) is 4.39 Å². The Morgan fingerprint density at radius 2 is 1.93 bits per heavy atom. The highest BCUT2D eigenvalue weighted by Gasteiger charge is 2.61. The smallest absolute Gasteiger partial charge is 0.139 e. The van der Waals surface area contributed by atoms with Gasteiger partial charge in [-0.15, -0.1) is 0 Å². The van der Waals surface area contributed by atoms with Gasteiger partial charge in [0.25, 0.3) is 0 Å². The number of ether oxygens (including phenoxy) is 1. The van der Waals surface area contributed by atoms with Crippen molar-refractivity contribution in [1.82, 2.24) is 14.5 Å². The molecule has 30 heavy (non-hydrogen) atoms. The molecule has 2 aromatic carbocycles. The fraction of sp³-hybridized carbons (Fsp3) is 0.250. The first kappa shape index (κ1) is 18.1. The van der Waals surface area contributed by atoms with Gasteiger partial charge in [-0.25, -0.2) is 9.37 Å². The second kappa shape index (κ2) is 6.64. The third kappa shape index (κ3) is 2.63. The standard InChI is InChI=1S/C24H19BrFN3O/c1-13-21-22(13)24-28-18-11-17(26)16(25)10-19(18)29(24)23(21)15-4-2-3-5-20(15)30-12-14-6-8-27-9-7-14/h2-11,13,21-23H,12H2,1H3. The topological polar surface area (TPSA) is 39.9 Å². The first-order valence-electron chi connectivity index (χ1n) is 10.1. The third-order valence-corrected chi connectivity index (χ3v) is 7.14. The van der Waals surface area contributed by atoms with Crippen LogP contribution >= 0.6 is 15.9 Å². The maximum Gasteiger partial charge on any atom is 0.139 e. The number of halogens is 2. The molecular weight excluding hydrogens is 445 g/mol. The highest BCUT2D eigenvalue weighted by Crippen LogP contribution is 2.66. The Hall–Kier alpha value is -2.73. The van der Waals surface area contributed by atoms with E-state index in [0.29, 0.717) is 34.4 Å². The maximum atomic E-state index is 14.1. The molecule has 3 heterocycles. The van der Waals surface area contributed by atoms with E-state index < -0.39 is 0 Å². The van der Waals surface area contributed by atoms with Crippen molar-refractivity contribution < 1.29 is 9.13 Å². The van der Waals surface area contributed by atoms with E-state index >= 15 is 0 Å². The summed E-state index contributed by atoms with van der Waals surface area (Å²) < 4.78 is 23.1. The van der Waals surface area contributed by atoms with E-state index in [0.717, 1.165) is 28.2 Å². The molecule has 4 aromatic rings. The second-order valence-corrected chi connectivity index (χ2v) is 9.04. The molecule has 1 aliphatic carbocycles. The molecule has 4 atom stereocenters. The number of rotatable bonds is 4. The summed E-state index contributed by atoms with van der Waals surface area (Å²) in [6.07, 6.45) is 3.55. The molecule has 0 saturated heterocycles. The van der Waals surface area contributed by atoms with Crippen molar-refractivity contribution in [3.63, 3.8) is 0 Å². The van der Waals surface area contributed by atoms with Crippen molar-refractivity contribution >= 4 is 27.0 Å². The van der Waals surface area contributed by atoms with Gasteiger partial charge in [0, 0.05) is 29.9 Å². The maximum absolute atomic E-state index is 14.1. The summed E-state index contributed by atoms with van der Waals surface area (Å²) in [5, 5.41) is 0. The largest absolute Gasteiger partial charge is 0.489 e. The van der Waals surface area contributed by atoms with Crippen LogP contribution in [0.25, 0.3) is 11.0 Å². The van der Waals surface area contributed by atoms with Crippen LogP contribution in [-0.4, -0.2) is 14.5 Å². The molecule has 0 bridgehead atoms. The van der Waals surface area contributed by atoms with Gasteiger partial charge >= 0.3 is 0 Å². The Kier molecular flexibility index (Phi) is 4.00. The van der Waals surface area contributed by atoms with Crippen molar-refractivity contribution in [2.24, 2.45) is 11.8 Å². The van der Waals surface area contributed by atoms with E-state index in [1.165, 1.54) is 6.07 Å². The number of imidazole rings is 1. The molecule has 1 fully saturated rings. The Morgan fingerprint density at radius 1 is 1.13 bits per heavy atom. The fourth-order valence-electron chi connectivity index (χ4n) is 5.04. The van der Waals surface area contributed by atoms with Gasteiger partial charge in [-0.1, -0.05) is 25.1 Å². The molecule has 2 aliphatic rings. The fourth-order valence-corrected chi connectivity index (χ4v) is 5.37. The lowest BCUT2D eigenvalue weighted by atomic mass is 10.00. The van der Waals surface area contributed by atoms with Gasteiger partial charge in [0.1, 0.15) is 24.0 Å². The minimum Gasteiger partial charge on any atom is -0.489 e. The molecule has 1 saturated carbocycles. The van der Waals surface area contributed by atoms with Gasteiger partial charge in [0.2, 0.25) is 0 Å². The van der Waals surface area contributed by atoms with Crippen LogP contribution in [0.5, 0.6) is 5.75 Å². The molecule has 0 amide bonds. The van der Waals surface area contributed by atoms with E-state index in [1.807, 2.05) is 30.3 Å². The molecule has 2 aromatic heterocycles. The van der Waals surface area contributed by atoms with Gasteiger partial charge in [0.15, 0.2) is 0 Å². The molecule has 6 rings (SSSR count). The Balaban J connectivity index is 1.44. The SMILES string of the molecule is CC1C2c3nc4cc(F)c(Br)cc4n3C(c3ccccc3OCc3ccncc3)C12. The summed E-state index contributed by atoms with van der Waals surface area (Å²) in [5.41, 5.74) is 3.91. The summed E-state index contributed by atoms with van der Waals surface area (Å²) in [7, 11) is 0. The normalized spacial score (nSPS) is 24.0. The first-order valence-corrected chi connectivity index (χ1v) is 10.9. The second-order valence-electron chi connectivity index (χ2n) is 8.18. The van der Waals surface area contributed by atoms with Gasteiger partial charge in [-0.05, 0) is 57.6 Å². The number of para-hydroxylation sites is 1. The Bertz CT molecular complexity index is 1270.